The molecule has 1 aliphatic heterocycles. The molecular weight excluding hydrogens is 387 g/mol. The van der Waals surface area contributed by atoms with Crippen LogP contribution in [0.4, 0.5) is 10.1 Å². The first-order chi connectivity index (χ1) is 13.1. The largest absolute Gasteiger partial charge is 0.508 e. The molecule has 0 spiro atoms. The quantitative estimate of drug-likeness (QED) is 0.589. The minimum atomic E-state index is -0.989. The van der Waals surface area contributed by atoms with Gasteiger partial charge < -0.3 is 25.6 Å². The molecule has 0 bridgehead atoms. The molecule has 1 amide bonds. The number of hydrogen-bond acceptors (Lipinski definition) is 5. The third-order valence-corrected chi connectivity index (χ3v) is 4.79. The molecule has 2 aromatic rings. The number of hydrogen-bond donors (Lipinski definition) is 4. The van der Waals surface area contributed by atoms with E-state index in [1.54, 1.807) is 6.07 Å². The Kier molecular flexibility index (Phi) is 5.79. The number of anilines is 1. The van der Waals surface area contributed by atoms with E-state index < -0.39 is 17.5 Å². The maximum atomic E-state index is 13.7. The average Bonchev–Trinajstić information content (AvgIpc) is 2.61. The Hall–Kier alpha value is -2.35. The third kappa shape index (κ3) is 4.73. The van der Waals surface area contributed by atoms with Crippen LogP contribution in [0.15, 0.2) is 30.3 Å². The number of fused-ring (bicyclic) bond motifs is 1. The number of aliphatic hydroxyl groups is 1. The van der Waals surface area contributed by atoms with Crippen molar-refractivity contribution in [2.75, 3.05) is 18.5 Å². The van der Waals surface area contributed by atoms with Crippen LogP contribution in [0, 0.1) is 5.82 Å². The first kappa shape index (κ1) is 20.4. The average molecular weight is 409 g/mol. The first-order valence-corrected chi connectivity index (χ1v) is 9.19. The van der Waals surface area contributed by atoms with Crippen LogP contribution in [0.25, 0.3) is 0 Å². The zero-order valence-electron chi connectivity index (χ0n) is 15.6. The molecule has 0 radical (unpaired) electrons. The van der Waals surface area contributed by atoms with Crippen LogP contribution in [0.3, 0.4) is 0 Å². The van der Waals surface area contributed by atoms with Crippen LogP contribution in [0.2, 0.25) is 5.02 Å². The number of phenols is 1. The molecule has 1 aliphatic rings. The Morgan fingerprint density at radius 2 is 2.11 bits per heavy atom. The lowest BCUT2D eigenvalue weighted by Crippen LogP contribution is -2.43. The Balaban J connectivity index is 1.70. The van der Waals surface area contributed by atoms with E-state index in [9.17, 15) is 19.4 Å². The molecule has 0 unspecified atom stereocenters. The molecule has 4 N–H and O–H groups in total. The van der Waals surface area contributed by atoms with Gasteiger partial charge in [0.15, 0.2) is 6.61 Å². The second-order valence-electron chi connectivity index (χ2n) is 7.45. The van der Waals surface area contributed by atoms with Gasteiger partial charge in [-0.15, -0.1) is 0 Å². The summed E-state index contributed by atoms with van der Waals surface area (Å²) >= 11 is 5.72. The second kappa shape index (κ2) is 7.95. The van der Waals surface area contributed by atoms with Crippen molar-refractivity contribution in [3.63, 3.8) is 0 Å². The van der Waals surface area contributed by atoms with Crippen molar-refractivity contribution in [2.45, 2.75) is 31.9 Å². The van der Waals surface area contributed by atoms with Gasteiger partial charge in [-0.05, 0) is 44.0 Å². The summed E-state index contributed by atoms with van der Waals surface area (Å²) in [6, 6.07) is 7.44. The molecular formula is C20H22ClFN2O4. The van der Waals surface area contributed by atoms with E-state index in [2.05, 4.69) is 10.6 Å². The maximum absolute atomic E-state index is 13.7. The molecule has 0 aromatic heterocycles. The highest BCUT2D eigenvalue weighted by Crippen LogP contribution is 2.38. The van der Waals surface area contributed by atoms with E-state index >= 15 is 0 Å². The van der Waals surface area contributed by atoms with E-state index in [0.29, 0.717) is 23.4 Å². The van der Waals surface area contributed by atoms with Gasteiger partial charge in [0.2, 0.25) is 0 Å². The van der Waals surface area contributed by atoms with Gasteiger partial charge in [-0.25, -0.2) is 4.39 Å². The van der Waals surface area contributed by atoms with Crippen molar-refractivity contribution in [1.82, 2.24) is 5.32 Å². The Morgan fingerprint density at radius 3 is 2.82 bits per heavy atom. The predicted octanol–water partition coefficient (Wildman–Crippen LogP) is 3.16. The van der Waals surface area contributed by atoms with Crippen LogP contribution in [-0.4, -0.2) is 34.8 Å². The summed E-state index contributed by atoms with van der Waals surface area (Å²) in [6.45, 7) is 3.87. The number of amides is 1. The number of ether oxygens (including phenoxy) is 1. The Labute approximate surface area is 167 Å². The van der Waals surface area contributed by atoms with Gasteiger partial charge in [-0.1, -0.05) is 17.7 Å². The van der Waals surface area contributed by atoms with Gasteiger partial charge in [0.25, 0.3) is 5.91 Å². The van der Waals surface area contributed by atoms with Gasteiger partial charge in [0.1, 0.15) is 17.3 Å². The summed E-state index contributed by atoms with van der Waals surface area (Å²) in [6.07, 6.45) is -0.476. The molecule has 2 aromatic carbocycles. The summed E-state index contributed by atoms with van der Waals surface area (Å²) in [5.41, 5.74) is 1.01. The lowest BCUT2D eigenvalue weighted by molar-refractivity contribution is -0.118. The van der Waals surface area contributed by atoms with Gasteiger partial charge in [0.05, 0.1) is 16.8 Å². The number of rotatable bonds is 6. The topological polar surface area (TPSA) is 90.8 Å². The predicted molar refractivity (Wildman–Crippen MR) is 104 cm³/mol. The van der Waals surface area contributed by atoms with Crippen molar-refractivity contribution in [1.29, 1.82) is 0 Å². The van der Waals surface area contributed by atoms with Gasteiger partial charge in [-0.3, -0.25) is 4.79 Å². The number of carbonyl (C=O) groups is 1. The zero-order valence-corrected chi connectivity index (χ0v) is 16.3. The Morgan fingerprint density at radius 1 is 1.36 bits per heavy atom. The smallest absolute Gasteiger partial charge is 0.262 e. The first-order valence-electron chi connectivity index (χ1n) is 8.81. The SMILES string of the molecule is CC(C)(Cc1ccc(Cl)c(F)c1)NC[C@H](O)c1cc(O)cc2c1OCC(=O)N2. The van der Waals surface area contributed by atoms with E-state index in [4.69, 9.17) is 16.3 Å². The molecule has 0 saturated carbocycles. The number of aromatic hydroxyl groups is 1. The molecule has 1 atom stereocenters. The summed E-state index contributed by atoms with van der Waals surface area (Å²) < 4.78 is 19.1. The van der Waals surface area contributed by atoms with E-state index in [-0.39, 0.29) is 29.8 Å². The number of benzene rings is 2. The number of phenolic OH excluding ortho intramolecular Hbond substituents is 1. The minimum Gasteiger partial charge on any atom is -0.508 e. The van der Waals surface area contributed by atoms with Crippen molar-refractivity contribution in [3.05, 3.63) is 52.3 Å². The van der Waals surface area contributed by atoms with E-state index in [0.717, 1.165) is 5.56 Å². The van der Waals surface area contributed by atoms with Crippen molar-refractivity contribution < 1.29 is 24.1 Å². The minimum absolute atomic E-state index is 0.0747. The highest BCUT2D eigenvalue weighted by molar-refractivity contribution is 6.30. The number of β-amino-alcohol motifs (C(OH)–C–C–N with tert-alkyl or cyclic N) is 1. The monoisotopic (exact) mass is 408 g/mol. The number of halogens is 2. The van der Waals surface area contributed by atoms with E-state index in [1.807, 2.05) is 13.8 Å². The van der Waals surface area contributed by atoms with Crippen LogP contribution in [-0.2, 0) is 11.2 Å². The second-order valence-corrected chi connectivity index (χ2v) is 7.86. The highest BCUT2D eigenvalue weighted by atomic mass is 35.5. The molecule has 6 nitrogen and oxygen atoms in total. The molecule has 0 aliphatic carbocycles. The lowest BCUT2D eigenvalue weighted by atomic mass is 9.94. The summed E-state index contributed by atoms with van der Waals surface area (Å²) in [5.74, 6) is -0.549. The fourth-order valence-electron chi connectivity index (χ4n) is 3.17. The van der Waals surface area contributed by atoms with Crippen molar-refractivity contribution in [3.8, 4) is 11.5 Å². The molecule has 3 rings (SSSR count). The van der Waals surface area contributed by atoms with E-state index in [1.165, 1.54) is 24.3 Å². The van der Waals surface area contributed by atoms with Crippen LogP contribution in [0.5, 0.6) is 11.5 Å². The fraction of sp³-hybridized carbons (Fsp3) is 0.350. The van der Waals surface area contributed by atoms with Crippen molar-refractivity contribution >= 4 is 23.2 Å². The van der Waals surface area contributed by atoms with Crippen LogP contribution in [0.1, 0.15) is 31.1 Å². The normalized spacial score (nSPS) is 14.8. The molecule has 1 heterocycles. The van der Waals surface area contributed by atoms with Gasteiger partial charge >= 0.3 is 0 Å². The van der Waals surface area contributed by atoms with Crippen molar-refractivity contribution in [2.24, 2.45) is 0 Å². The number of nitrogens with one attached hydrogen (secondary N) is 2. The zero-order chi connectivity index (χ0) is 20.5. The lowest BCUT2D eigenvalue weighted by Gasteiger charge is -2.29. The van der Waals surface area contributed by atoms with Gasteiger partial charge in [-0.2, -0.15) is 0 Å². The van der Waals surface area contributed by atoms with Crippen LogP contribution < -0.4 is 15.4 Å². The van der Waals surface area contributed by atoms with Gasteiger partial charge in [0, 0.05) is 23.7 Å². The standard InChI is InChI=1S/C20H22ClFN2O4/c1-20(2,8-11-3-4-14(21)15(22)5-11)23-9-17(26)13-6-12(25)7-16-19(13)28-10-18(27)24-16/h3-7,17,23,25-26H,8-10H2,1-2H3,(H,24,27)/t17-/m0/s1. The molecule has 0 fully saturated rings. The number of carbonyl (C=O) groups excluding carboxylic acids is 1. The molecule has 150 valence electrons. The fourth-order valence-corrected chi connectivity index (χ4v) is 3.28. The summed E-state index contributed by atoms with van der Waals surface area (Å²) in [4.78, 5) is 11.5. The summed E-state index contributed by atoms with van der Waals surface area (Å²) in [7, 11) is 0. The third-order valence-electron chi connectivity index (χ3n) is 4.49. The highest BCUT2D eigenvalue weighted by Gasteiger charge is 2.26. The van der Waals surface area contributed by atoms with Crippen LogP contribution >= 0.6 is 11.6 Å². The molecule has 0 saturated heterocycles. The maximum Gasteiger partial charge on any atom is 0.262 e. The molecule has 8 heteroatoms. The Bertz CT molecular complexity index is 904. The molecule has 28 heavy (non-hydrogen) atoms. The number of aliphatic hydroxyl groups excluding tert-OH is 1. The summed E-state index contributed by atoms with van der Waals surface area (Å²) in [5, 5.41) is 26.5.